The molecule has 0 bridgehead atoms. The van der Waals surface area contributed by atoms with Gasteiger partial charge in [0.2, 0.25) is 5.91 Å². The van der Waals surface area contributed by atoms with Crippen molar-refractivity contribution < 1.29 is 4.79 Å². The molecule has 0 atom stereocenters. The minimum atomic E-state index is -0.0413. The van der Waals surface area contributed by atoms with E-state index >= 15 is 0 Å². The van der Waals surface area contributed by atoms with Crippen LogP contribution in [0.15, 0.2) is 42.6 Å². The average Bonchev–Trinajstić information content (AvgIpc) is 2.56. The van der Waals surface area contributed by atoms with Gasteiger partial charge < -0.3 is 15.1 Å². The van der Waals surface area contributed by atoms with Gasteiger partial charge in [-0.15, -0.1) is 0 Å². The number of rotatable bonds is 4. The molecular weight excluding hydrogens is 300 g/mol. The van der Waals surface area contributed by atoms with E-state index in [4.69, 9.17) is 0 Å². The number of carbonyl (C=O) groups excluding carboxylic acids is 1. The van der Waals surface area contributed by atoms with Crippen molar-refractivity contribution in [1.29, 1.82) is 0 Å². The molecule has 0 saturated carbocycles. The summed E-state index contributed by atoms with van der Waals surface area (Å²) >= 11 is 0. The van der Waals surface area contributed by atoms with Gasteiger partial charge in [0.15, 0.2) is 0 Å². The topological polar surface area (TPSA) is 48.5 Å². The first kappa shape index (κ1) is 16.5. The molecule has 5 heteroatoms. The summed E-state index contributed by atoms with van der Waals surface area (Å²) in [6.45, 7) is 6.18. The zero-order valence-electron chi connectivity index (χ0n) is 14.3. The van der Waals surface area contributed by atoms with Crippen LogP contribution >= 0.6 is 0 Å². The Balaban J connectivity index is 1.56. The van der Waals surface area contributed by atoms with Crippen molar-refractivity contribution in [3.05, 3.63) is 53.7 Å². The number of hydrogen-bond acceptors (Lipinski definition) is 4. The maximum atomic E-state index is 12.1. The highest BCUT2D eigenvalue weighted by molar-refractivity contribution is 5.91. The predicted octanol–water partition coefficient (Wildman–Crippen LogP) is 2.32. The lowest BCUT2D eigenvalue weighted by Crippen LogP contribution is -2.44. The van der Waals surface area contributed by atoms with Crippen LogP contribution in [-0.4, -0.2) is 49.0 Å². The SMILES string of the molecule is Cc1cccc(CC(=O)Nc2ccc(N3CCN(C)CC3)cn2)c1. The van der Waals surface area contributed by atoms with Crippen LogP contribution in [0.3, 0.4) is 0 Å². The van der Waals surface area contributed by atoms with E-state index in [0.29, 0.717) is 12.2 Å². The summed E-state index contributed by atoms with van der Waals surface area (Å²) in [7, 11) is 2.14. The van der Waals surface area contributed by atoms with Crippen molar-refractivity contribution in [3.8, 4) is 0 Å². The Hall–Kier alpha value is -2.40. The number of hydrogen-bond donors (Lipinski definition) is 1. The van der Waals surface area contributed by atoms with Crippen LogP contribution in [0.1, 0.15) is 11.1 Å². The molecule has 1 aromatic carbocycles. The van der Waals surface area contributed by atoms with Gasteiger partial charge in [-0.25, -0.2) is 4.98 Å². The van der Waals surface area contributed by atoms with Crippen LogP contribution in [0.5, 0.6) is 0 Å². The number of nitrogens with one attached hydrogen (secondary N) is 1. The van der Waals surface area contributed by atoms with Crippen LogP contribution in [0, 0.1) is 6.92 Å². The number of amides is 1. The molecule has 1 aliphatic heterocycles. The summed E-state index contributed by atoms with van der Waals surface area (Å²) in [5.74, 6) is 0.561. The zero-order chi connectivity index (χ0) is 16.9. The van der Waals surface area contributed by atoms with Gasteiger partial charge in [0.1, 0.15) is 5.82 Å². The van der Waals surface area contributed by atoms with Gasteiger partial charge in [-0.1, -0.05) is 29.8 Å². The van der Waals surface area contributed by atoms with Gasteiger partial charge in [-0.2, -0.15) is 0 Å². The maximum absolute atomic E-state index is 12.1. The van der Waals surface area contributed by atoms with Crippen LogP contribution in [0.25, 0.3) is 0 Å². The van der Waals surface area contributed by atoms with Crippen LogP contribution < -0.4 is 10.2 Å². The quantitative estimate of drug-likeness (QED) is 0.938. The maximum Gasteiger partial charge on any atom is 0.229 e. The van der Waals surface area contributed by atoms with Gasteiger partial charge in [-0.05, 0) is 31.7 Å². The molecule has 3 rings (SSSR count). The average molecular weight is 324 g/mol. The smallest absolute Gasteiger partial charge is 0.229 e. The van der Waals surface area contributed by atoms with E-state index in [1.807, 2.05) is 49.5 Å². The fourth-order valence-electron chi connectivity index (χ4n) is 2.91. The fourth-order valence-corrected chi connectivity index (χ4v) is 2.91. The Kier molecular flexibility index (Phi) is 5.11. The number of carbonyl (C=O) groups is 1. The molecule has 0 aliphatic carbocycles. The first-order valence-electron chi connectivity index (χ1n) is 8.35. The van der Waals surface area contributed by atoms with Gasteiger partial charge in [0.05, 0.1) is 18.3 Å². The highest BCUT2D eigenvalue weighted by Gasteiger charge is 2.14. The Morgan fingerprint density at radius 1 is 1.17 bits per heavy atom. The third-order valence-electron chi connectivity index (χ3n) is 4.33. The van der Waals surface area contributed by atoms with Crippen molar-refractivity contribution in [2.24, 2.45) is 0 Å². The van der Waals surface area contributed by atoms with Crippen molar-refractivity contribution in [1.82, 2.24) is 9.88 Å². The Bertz CT molecular complexity index is 691. The van der Waals surface area contributed by atoms with Crippen molar-refractivity contribution in [2.75, 3.05) is 43.4 Å². The second-order valence-corrected chi connectivity index (χ2v) is 6.41. The molecule has 24 heavy (non-hydrogen) atoms. The normalized spacial score (nSPS) is 15.3. The largest absolute Gasteiger partial charge is 0.368 e. The second kappa shape index (κ2) is 7.45. The number of aromatic nitrogens is 1. The van der Waals surface area contributed by atoms with Gasteiger partial charge in [0, 0.05) is 26.2 Å². The molecule has 1 amide bonds. The Morgan fingerprint density at radius 2 is 1.96 bits per heavy atom. The highest BCUT2D eigenvalue weighted by Crippen LogP contribution is 2.17. The fraction of sp³-hybridized carbons (Fsp3) is 0.368. The third kappa shape index (κ3) is 4.32. The third-order valence-corrected chi connectivity index (χ3v) is 4.33. The van der Waals surface area contributed by atoms with E-state index in [0.717, 1.165) is 43.0 Å². The Labute approximate surface area is 143 Å². The highest BCUT2D eigenvalue weighted by atomic mass is 16.1. The van der Waals surface area contributed by atoms with Crippen LogP contribution in [0.4, 0.5) is 11.5 Å². The molecule has 126 valence electrons. The molecule has 2 aromatic rings. The summed E-state index contributed by atoms with van der Waals surface area (Å²) in [4.78, 5) is 21.2. The number of likely N-dealkylation sites (N-methyl/N-ethyl adjacent to an activating group) is 1. The van der Waals surface area contributed by atoms with E-state index in [2.05, 4.69) is 27.1 Å². The first-order valence-corrected chi connectivity index (χ1v) is 8.35. The monoisotopic (exact) mass is 324 g/mol. The van der Waals surface area contributed by atoms with Crippen LogP contribution in [-0.2, 0) is 11.2 Å². The molecule has 0 unspecified atom stereocenters. The van der Waals surface area contributed by atoms with E-state index in [1.54, 1.807) is 0 Å². The van der Waals surface area contributed by atoms with Crippen molar-refractivity contribution in [3.63, 3.8) is 0 Å². The van der Waals surface area contributed by atoms with Crippen molar-refractivity contribution >= 4 is 17.4 Å². The van der Waals surface area contributed by atoms with Crippen molar-refractivity contribution in [2.45, 2.75) is 13.3 Å². The number of aryl methyl sites for hydroxylation is 1. The molecule has 0 spiro atoms. The summed E-state index contributed by atoms with van der Waals surface area (Å²) in [5.41, 5.74) is 3.29. The number of anilines is 2. The molecule has 1 N–H and O–H groups in total. The first-order chi connectivity index (χ1) is 11.6. The van der Waals surface area contributed by atoms with E-state index < -0.39 is 0 Å². The molecule has 0 radical (unpaired) electrons. The van der Waals surface area contributed by atoms with E-state index in [-0.39, 0.29) is 5.91 Å². The Morgan fingerprint density at radius 3 is 2.62 bits per heavy atom. The molecular formula is C19H24N4O. The molecule has 1 aliphatic rings. The number of benzene rings is 1. The lowest BCUT2D eigenvalue weighted by Gasteiger charge is -2.33. The summed E-state index contributed by atoms with van der Waals surface area (Å²) < 4.78 is 0. The molecule has 1 aromatic heterocycles. The molecule has 1 fully saturated rings. The molecule has 5 nitrogen and oxygen atoms in total. The number of nitrogens with zero attached hydrogens (tertiary/aromatic N) is 3. The summed E-state index contributed by atoms with van der Waals surface area (Å²) in [5, 5.41) is 2.87. The number of pyridine rings is 1. The predicted molar refractivity (Wildman–Crippen MR) is 97.5 cm³/mol. The molecule has 1 saturated heterocycles. The van der Waals surface area contributed by atoms with E-state index in [1.165, 1.54) is 0 Å². The van der Waals surface area contributed by atoms with Gasteiger partial charge in [0.25, 0.3) is 0 Å². The standard InChI is InChI=1S/C19H24N4O/c1-15-4-3-5-16(12-15)13-19(24)21-18-7-6-17(14-20-18)23-10-8-22(2)9-11-23/h3-7,12,14H,8-11,13H2,1-2H3,(H,20,21,24). The lowest BCUT2D eigenvalue weighted by atomic mass is 10.1. The van der Waals surface area contributed by atoms with Gasteiger partial charge >= 0.3 is 0 Å². The van der Waals surface area contributed by atoms with Crippen LogP contribution in [0.2, 0.25) is 0 Å². The number of piperazine rings is 1. The minimum absolute atomic E-state index is 0.0413. The second-order valence-electron chi connectivity index (χ2n) is 6.41. The van der Waals surface area contributed by atoms with E-state index in [9.17, 15) is 4.79 Å². The summed E-state index contributed by atoms with van der Waals surface area (Å²) in [6, 6.07) is 11.9. The minimum Gasteiger partial charge on any atom is -0.368 e. The summed E-state index contributed by atoms with van der Waals surface area (Å²) in [6.07, 6.45) is 2.21. The molecule has 2 heterocycles. The zero-order valence-corrected chi connectivity index (χ0v) is 14.3. The lowest BCUT2D eigenvalue weighted by molar-refractivity contribution is -0.115. The van der Waals surface area contributed by atoms with Gasteiger partial charge in [-0.3, -0.25) is 4.79 Å².